The van der Waals surface area contributed by atoms with Crippen molar-refractivity contribution in [3.8, 4) is 5.75 Å². The van der Waals surface area contributed by atoms with Gasteiger partial charge in [-0.25, -0.2) is 0 Å². The molecule has 120 valence electrons. The molecule has 0 saturated heterocycles. The van der Waals surface area contributed by atoms with Crippen molar-refractivity contribution in [3.63, 3.8) is 0 Å². The van der Waals surface area contributed by atoms with E-state index in [0.29, 0.717) is 23.5 Å². The molecule has 3 unspecified atom stereocenters. The summed E-state index contributed by atoms with van der Waals surface area (Å²) in [7, 11) is 1.66. The Morgan fingerprint density at radius 2 is 1.91 bits per heavy atom. The number of benzene rings is 1. The standard InChI is InChI=1S/C20H28O2/c1-14(2)18-11-5-15(3)13-19(18)20(21)12-8-16-6-9-17(22-4)10-7-16/h6-10,12,14-15,18-19H,5,11,13H2,1-4H3/b12-8+. The Balaban J connectivity index is 2.06. The van der Waals surface area contributed by atoms with Crippen LogP contribution in [-0.4, -0.2) is 12.9 Å². The molecule has 2 heteroatoms. The van der Waals surface area contributed by atoms with E-state index in [0.717, 1.165) is 17.7 Å². The van der Waals surface area contributed by atoms with Crippen LogP contribution < -0.4 is 4.74 Å². The van der Waals surface area contributed by atoms with E-state index in [4.69, 9.17) is 4.74 Å². The third-order valence-corrected chi connectivity index (χ3v) is 4.94. The van der Waals surface area contributed by atoms with Gasteiger partial charge >= 0.3 is 0 Å². The fourth-order valence-electron chi connectivity index (χ4n) is 3.55. The number of hydrogen-bond donors (Lipinski definition) is 0. The highest BCUT2D eigenvalue weighted by molar-refractivity contribution is 5.95. The van der Waals surface area contributed by atoms with Crippen LogP contribution >= 0.6 is 0 Å². The van der Waals surface area contributed by atoms with E-state index in [9.17, 15) is 4.79 Å². The van der Waals surface area contributed by atoms with Crippen LogP contribution in [-0.2, 0) is 4.79 Å². The fraction of sp³-hybridized carbons (Fsp3) is 0.550. The Kier molecular flexibility index (Phi) is 5.82. The van der Waals surface area contributed by atoms with Crippen LogP contribution in [0.4, 0.5) is 0 Å². The first kappa shape index (κ1) is 16.8. The second-order valence-electron chi connectivity index (χ2n) is 6.94. The average Bonchev–Trinajstić information content (AvgIpc) is 2.52. The zero-order chi connectivity index (χ0) is 16.1. The molecule has 1 aromatic carbocycles. The average molecular weight is 300 g/mol. The third kappa shape index (κ3) is 4.22. The van der Waals surface area contributed by atoms with Crippen molar-refractivity contribution >= 4 is 11.9 Å². The number of hydrogen-bond acceptors (Lipinski definition) is 2. The van der Waals surface area contributed by atoms with Gasteiger partial charge in [-0.3, -0.25) is 4.79 Å². The van der Waals surface area contributed by atoms with Gasteiger partial charge in [0.2, 0.25) is 0 Å². The molecule has 1 aliphatic carbocycles. The molecule has 0 bridgehead atoms. The summed E-state index contributed by atoms with van der Waals surface area (Å²) in [6, 6.07) is 7.80. The van der Waals surface area contributed by atoms with Crippen molar-refractivity contribution in [1.82, 2.24) is 0 Å². The third-order valence-electron chi connectivity index (χ3n) is 4.94. The van der Waals surface area contributed by atoms with Gasteiger partial charge in [0, 0.05) is 5.92 Å². The molecule has 22 heavy (non-hydrogen) atoms. The van der Waals surface area contributed by atoms with E-state index in [2.05, 4.69) is 20.8 Å². The highest BCUT2D eigenvalue weighted by Gasteiger charge is 2.34. The molecule has 2 nitrogen and oxygen atoms in total. The summed E-state index contributed by atoms with van der Waals surface area (Å²) < 4.78 is 5.15. The van der Waals surface area contributed by atoms with Gasteiger partial charge in [-0.1, -0.05) is 45.4 Å². The highest BCUT2D eigenvalue weighted by atomic mass is 16.5. The van der Waals surface area contributed by atoms with E-state index < -0.39 is 0 Å². The fourth-order valence-corrected chi connectivity index (χ4v) is 3.55. The molecular weight excluding hydrogens is 272 g/mol. The second-order valence-corrected chi connectivity index (χ2v) is 6.94. The zero-order valence-electron chi connectivity index (χ0n) is 14.2. The first-order valence-electron chi connectivity index (χ1n) is 8.37. The molecule has 0 spiro atoms. The minimum absolute atomic E-state index is 0.193. The van der Waals surface area contributed by atoms with Crippen molar-refractivity contribution in [2.45, 2.75) is 40.0 Å². The van der Waals surface area contributed by atoms with Gasteiger partial charge in [-0.15, -0.1) is 0 Å². The minimum Gasteiger partial charge on any atom is -0.497 e. The monoisotopic (exact) mass is 300 g/mol. The molecule has 1 saturated carbocycles. The number of carbonyl (C=O) groups is 1. The molecular formula is C20H28O2. The number of allylic oxidation sites excluding steroid dienone is 1. The molecule has 1 aliphatic rings. The van der Waals surface area contributed by atoms with E-state index in [1.54, 1.807) is 13.2 Å². The number of ketones is 1. The number of rotatable bonds is 5. The molecule has 1 fully saturated rings. The maximum Gasteiger partial charge on any atom is 0.159 e. The molecule has 0 N–H and O–H groups in total. The maximum absolute atomic E-state index is 12.6. The molecule has 0 amide bonds. The molecule has 2 rings (SSSR count). The van der Waals surface area contributed by atoms with Crippen molar-refractivity contribution in [1.29, 1.82) is 0 Å². The van der Waals surface area contributed by atoms with Crippen molar-refractivity contribution in [2.75, 3.05) is 7.11 Å². The van der Waals surface area contributed by atoms with E-state index in [1.807, 2.05) is 30.3 Å². The molecule has 0 aliphatic heterocycles. The van der Waals surface area contributed by atoms with E-state index in [1.165, 1.54) is 12.8 Å². The molecule has 0 heterocycles. The molecule has 3 atom stereocenters. The highest BCUT2D eigenvalue weighted by Crippen LogP contribution is 2.38. The van der Waals surface area contributed by atoms with Gasteiger partial charge in [-0.05, 0) is 54.4 Å². The van der Waals surface area contributed by atoms with Gasteiger partial charge in [0.15, 0.2) is 5.78 Å². The summed E-state index contributed by atoms with van der Waals surface area (Å²) in [5, 5.41) is 0. The van der Waals surface area contributed by atoms with Crippen molar-refractivity contribution in [3.05, 3.63) is 35.9 Å². The minimum atomic E-state index is 0.193. The summed E-state index contributed by atoms with van der Waals surface area (Å²) in [5.41, 5.74) is 1.04. The predicted octanol–water partition coefficient (Wildman–Crippen LogP) is 4.99. The van der Waals surface area contributed by atoms with Gasteiger partial charge in [0.05, 0.1) is 7.11 Å². The number of methoxy groups -OCH3 is 1. The first-order chi connectivity index (χ1) is 10.5. The first-order valence-corrected chi connectivity index (χ1v) is 8.37. The van der Waals surface area contributed by atoms with Crippen LogP contribution in [0.3, 0.4) is 0 Å². The van der Waals surface area contributed by atoms with E-state index >= 15 is 0 Å². The number of ether oxygens (including phenoxy) is 1. The van der Waals surface area contributed by atoms with Gasteiger partial charge < -0.3 is 4.74 Å². The summed E-state index contributed by atoms with van der Waals surface area (Å²) >= 11 is 0. The number of carbonyl (C=O) groups excluding carboxylic acids is 1. The normalized spacial score (nSPS) is 25.6. The summed E-state index contributed by atoms with van der Waals surface area (Å²) in [4.78, 5) is 12.6. The summed E-state index contributed by atoms with van der Waals surface area (Å²) in [6.07, 6.45) is 7.19. The zero-order valence-corrected chi connectivity index (χ0v) is 14.2. The van der Waals surface area contributed by atoms with E-state index in [-0.39, 0.29) is 5.92 Å². The Labute approximate surface area is 134 Å². The summed E-state index contributed by atoms with van der Waals surface area (Å²) in [5.74, 6) is 3.10. The maximum atomic E-state index is 12.6. The lowest BCUT2D eigenvalue weighted by Crippen LogP contribution is -2.32. The molecule has 0 radical (unpaired) electrons. The Morgan fingerprint density at radius 3 is 2.50 bits per heavy atom. The second kappa shape index (κ2) is 7.62. The molecule has 0 aromatic heterocycles. The van der Waals surface area contributed by atoms with Crippen LogP contribution in [0.25, 0.3) is 6.08 Å². The van der Waals surface area contributed by atoms with Crippen LogP contribution in [0.15, 0.2) is 30.3 Å². The van der Waals surface area contributed by atoms with Gasteiger partial charge in [-0.2, -0.15) is 0 Å². The Hall–Kier alpha value is -1.57. The van der Waals surface area contributed by atoms with Crippen LogP contribution in [0.1, 0.15) is 45.6 Å². The van der Waals surface area contributed by atoms with Crippen molar-refractivity contribution in [2.24, 2.45) is 23.7 Å². The Bertz CT molecular complexity index is 513. The van der Waals surface area contributed by atoms with Crippen LogP contribution in [0, 0.1) is 23.7 Å². The van der Waals surface area contributed by atoms with Gasteiger partial charge in [0.1, 0.15) is 5.75 Å². The molecule has 1 aromatic rings. The SMILES string of the molecule is COc1ccc(/C=C/C(=O)C2CC(C)CCC2C(C)C)cc1. The predicted molar refractivity (Wildman–Crippen MR) is 91.9 cm³/mol. The largest absolute Gasteiger partial charge is 0.497 e. The van der Waals surface area contributed by atoms with Crippen LogP contribution in [0.5, 0.6) is 5.75 Å². The Morgan fingerprint density at radius 1 is 1.23 bits per heavy atom. The smallest absolute Gasteiger partial charge is 0.159 e. The quantitative estimate of drug-likeness (QED) is 0.716. The summed E-state index contributed by atoms with van der Waals surface area (Å²) in [6.45, 7) is 6.76. The lowest BCUT2D eigenvalue weighted by Gasteiger charge is -2.35. The van der Waals surface area contributed by atoms with Crippen molar-refractivity contribution < 1.29 is 9.53 Å². The topological polar surface area (TPSA) is 26.3 Å². The van der Waals surface area contributed by atoms with Gasteiger partial charge in [0.25, 0.3) is 0 Å². The lowest BCUT2D eigenvalue weighted by molar-refractivity contribution is -0.122. The lowest BCUT2D eigenvalue weighted by atomic mass is 9.68. The van der Waals surface area contributed by atoms with Crippen LogP contribution in [0.2, 0.25) is 0 Å².